The molecule has 20 aromatic rings. The molecule has 0 aliphatic rings. The van der Waals surface area contributed by atoms with Gasteiger partial charge in [0.2, 0.25) is 0 Å². The van der Waals surface area contributed by atoms with E-state index in [1.165, 1.54) is 12.7 Å². The van der Waals surface area contributed by atoms with Crippen LogP contribution in [0.5, 0.6) is 0 Å². The number of pyridine rings is 8. The first-order valence-electron chi connectivity index (χ1n) is 32.9. The fourth-order valence-corrected chi connectivity index (χ4v) is 13.8. The first-order valence-corrected chi connectivity index (χ1v) is 32.9. The molecule has 10 heterocycles. The van der Waals surface area contributed by atoms with Gasteiger partial charge in [-0.05, 0) is 141 Å². The molecule has 100 heavy (non-hydrogen) atoms. The molecule has 10 aromatic carbocycles. The molecule has 13 nitrogen and oxygen atoms in total. The van der Waals surface area contributed by atoms with Crippen LogP contribution in [-0.2, 0) is 0 Å². The second kappa shape index (κ2) is 24.1. The zero-order chi connectivity index (χ0) is 66.0. The lowest BCUT2D eigenvalue weighted by Gasteiger charge is -2.17. The highest BCUT2D eigenvalue weighted by atomic mass is 15.0. The summed E-state index contributed by atoms with van der Waals surface area (Å²) in [4.78, 5) is 60.4. The molecule has 13 heteroatoms. The fraction of sp³-hybridized carbons (Fsp3) is 0. The second-order valence-electron chi connectivity index (χ2n) is 24.7. The van der Waals surface area contributed by atoms with E-state index >= 15 is 0 Å². The molecule has 0 atom stereocenters. The van der Waals surface area contributed by atoms with Crippen LogP contribution in [0.4, 0.5) is 0 Å². The topological polar surface area (TPSA) is 168 Å². The Morgan fingerprint density at radius 1 is 0.200 bits per heavy atom. The van der Waals surface area contributed by atoms with E-state index in [1.54, 1.807) is 18.6 Å². The van der Waals surface area contributed by atoms with Crippen LogP contribution >= 0.6 is 0 Å². The van der Waals surface area contributed by atoms with Gasteiger partial charge in [-0.15, -0.1) is 0 Å². The zero-order valence-electron chi connectivity index (χ0n) is 53.3. The van der Waals surface area contributed by atoms with E-state index in [0.717, 1.165) is 193 Å². The van der Waals surface area contributed by atoms with Crippen LogP contribution in [-0.4, -0.2) is 64.8 Å². The number of nitrogens with zero attached hydrogens (tertiary/aromatic N) is 13. The average molecular weight is 1280 g/mol. The molecule has 0 amide bonds. The smallest absolute Gasteiger partial charge is 0.181 e. The predicted octanol–water partition coefficient (Wildman–Crippen LogP) is 20.4. The molecule has 0 saturated carbocycles. The lowest BCUT2D eigenvalue weighted by atomic mass is 9.88. The van der Waals surface area contributed by atoms with Gasteiger partial charge in [0.25, 0.3) is 0 Å². The minimum Gasteiger partial charge on any atom is -0.261 e. The molecular formula is C87H51N13. The third-order valence-electron chi connectivity index (χ3n) is 18.8. The van der Waals surface area contributed by atoms with Gasteiger partial charge in [0, 0.05) is 90.1 Å². The maximum absolute atomic E-state index is 5.30. The molecule has 0 fully saturated rings. The summed E-state index contributed by atoms with van der Waals surface area (Å²) in [5, 5.41) is 13.2. The van der Waals surface area contributed by atoms with Gasteiger partial charge in [-0.2, -0.15) is 0 Å². The molecule has 0 spiro atoms. The van der Waals surface area contributed by atoms with Gasteiger partial charge in [0.1, 0.15) is 24.0 Å². The van der Waals surface area contributed by atoms with Crippen molar-refractivity contribution in [3.05, 3.63) is 311 Å². The van der Waals surface area contributed by atoms with Crippen LogP contribution in [0, 0.1) is 0 Å². The van der Waals surface area contributed by atoms with Crippen LogP contribution in [0.3, 0.4) is 0 Å². The van der Waals surface area contributed by atoms with Crippen molar-refractivity contribution < 1.29 is 0 Å². The van der Waals surface area contributed by atoms with E-state index < -0.39 is 0 Å². The van der Waals surface area contributed by atoms with Crippen molar-refractivity contribution in [2.24, 2.45) is 0 Å². The Morgan fingerprint density at radius 2 is 0.560 bits per heavy atom. The quantitative estimate of drug-likeness (QED) is 0.104. The van der Waals surface area contributed by atoms with Crippen molar-refractivity contribution in [3.63, 3.8) is 0 Å². The van der Waals surface area contributed by atoms with Gasteiger partial charge >= 0.3 is 0 Å². The monoisotopic (exact) mass is 1280 g/mol. The van der Waals surface area contributed by atoms with E-state index in [1.807, 2.05) is 42.7 Å². The highest BCUT2D eigenvalue weighted by Gasteiger charge is 2.20. The average Bonchev–Trinajstić information content (AvgIpc) is 0.729. The van der Waals surface area contributed by atoms with Gasteiger partial charge in [-0.25, -0.2) is 44.9 Å². The summed E-state index contributed by atoms with van der Waals surface area (Å²) >= 11 is 0. The molecule has 10 aromatic heterocycles. The van der Waals surface area contributed by atoms with Gasteiger partial charge < -0.3 is 0 Å². The van der Waals surface area contributed by atoms with Crippen molar-refractivity contribution in [2.75, 3.05) is 0 Å². The minimum absolute atomic E-state index is 0.562. The Kier molecular flexibility index (Phi) is 13.9. The zero-order valence-corrected chi connectivity index (χ0v) is 53.3. The van der Waals surface area contributed by atoms with E-state index in [-0.39, 0.29) is 0 Å². The summed E-state index contributed by atoms with van der Waals surface area (Å²) in [5.41, 5.74) is 22.2. The molecule has 0 aliphatic heterocycles. The number of benzene rings is 10. The van der Waals surface area contributed by atoms with Crippen molar-refractivity contribution >= 4 is 109 Å². The second-order valence-corrected chi connectivity index (χ2v) is 24.7. The summed E-state index contributed by atoms with van der Waals surface area (Å²) < 4.78 is 0. The Morgan fingerprint density at radius 3 is 1.03 bits per heavy atom. The SMILES string of the molecule is c1cnc2c(c1)ccc1ccc(-c3c4ccccc4c(-c4ccc5cc(-c6ccc7nc(-c8cnccn8)ccc7c6)ccc5n4)c4ccccc34)nc12.c1cnc2c(c1)ccc1ccc(-c3ccc(-c4ccc5cc(-c6ccc7nc(-c8ncncn8)ccc7c6)ccc5n4)cc3)nc12. The van der Waals surface area contributed by atoms with Crippen molar-refractivity contribution in [1.82, 2.24) is 64.8 Å². The maximum Gasteiger partial charge on any atom is 0.181 e. The summed E-state index contributed by atoms with van der Waals surface area (Å²) in [6, 6.07) is 93.0. The molecule has 0 aliphatic carbocycles. The first-order chi connectivity index (χ1) is 49.5. The van der Waals surface area contributed by atoms with Crippen LogP contribution in [0.2, 0.25) is 0 Å². The predicted molar refractivity (Wildman–Crippen MR) is 403 cm³/mol. The molecular weight excluding hydrogens is 1230 g/mol. The Labute approximate surface area is 571 Å². The molecule has 0 N–H and O–H groups in total. The largest absolute Gasteiger partial charge is 0.261 e. The molecule has 0 unspecified atom stereocenters. The number of fused-ring (bicyclic) bond motifs is 12. The van der Waals surface area contributed by atoms with Crippen molar-refractivity contribution in [2.45, 2.75) is 0 Å². The third-order valence-corrected chi connectivity index (χ3v) is 18.8. The van der Waals surface area contributed by atoms with Gasteiger partial charge in [-0.1, -0.05) is 170 Å². The Balaban J connectivity index is 0.000000141. The fourth-order valence-electron chi connectivity index (χ4n) is 13.8. The Bertz CT molecular complexity index is 6620. The first kappa shape index (κ1) is 57.5. The van der Waals surface area contributed by atoms with Gasteiger partial charge in [-0.3, -0.25) is 19.9 Å². The lowest BCUT2D eigenvalue weighted by Crippen LogP contribution is -1.95. The molecule has 20 rings (SSSR count). The van der Waals surface area contributed by atoms with Gasteiger partial charge in [0.15, 0.2) is 5.82 Å². The van der Waals surface area contributed by atoms with Gasteiger partial charge in [0.05, 0.1) is 78.8 Å². The normalized spacial score (nSPS) is 11.6. The standard InChI is InChI=1S/C48H28N6.C39H23N7/c1-3-9-37-35(7-1)45(36-8-2-4-10-38(36)46(37)43-21-13-30-12-11-29-6-5-23-51-47(29)48(30)54-43)42-22-17-34-27-32(15-19-40(34)53-42)31-14-18-39-33(26-31)16-20-41(52-39)44-28-49-24-25-50-44;1-2-26-7-8-27-9-14-33(46-38(27)37(26)41-19-1)25-5-3-24(4-6-25)32-17-12-30-20-28(10-15-34(30)44-32)29-11-16-35-31(21-29)13-18-36(45-35)39-42-22-40-23-43-39/h1-28H;1-23H. The van der Waals surface area contributed by atoms with E-state index in [2.05, 4.69) is 266 Å². The van der Waals surface area contributed by atoms with E-state index in [9.17, 15) is 0 Å². The van der Waals surface area contributed by atoms with Crippen LogP contribution in [0.25, 0.3) is 199 Å². The molecule has 0 saturated heterocycles. The highest BCUT2D eigenvalue weighted by Crippen LogP contribution is 2.44. The summed E-state index contributed by atoms with van der Waals surface area (Å²) in [6.45, 7) is 0. The summed E-state index contributed by atoms with van der Waals surface area (Å²) in [5.74, 6) is 0.562. The maximum atomic E-state index is 5.30. The Hall–Kier alpha value is -13.9. The van der Waals surface area contributed by atoms with Crippen LogP contribution in [0.15, 0.2) is 311 Å². The van der Waals surface area contributed by atoms with Crippen molar-refractivity contribution in [1.29, 1.82) is 0 Å². The van der Waals surface area contributed by atoms with Crippen molar-refractivity contribution in [3.8, 4) is 90.2 Å². The minimum atomic E-state index is 0.562. The molecule has 0 bridgehead atoms. The molecule has 0 radical (unpaired) electrons. The molecule has 464 valence electrons. The van der Waals surface area contributed by atoms with E-state index in [0.29, 0.717) is 5.82 Å². The number of hydrogen-bond donors (Lipinski definition) is 0. The summed E-state index contributed by atoms with van der Waals surface area (Å²) in [7, 11) is 0. The summed E-state index contributed by atoms with van der Waals surface area (Å²) in [6.07, 6.45) is 11.7. The lowest BCUT2D eigenvalue weighted by molar-refractivity contribution is 1.05. The van der Waals surface area contributed by atoms with Crippen LogP contribution < -0.4 is 0 Å². The van der Waals surface area contributed by atoms with Crippen LogP contribution in [0.1, 0.15) is 0 Å². The third kappa shape index (κ3) is 10.4. The number of rotatable bonds is 8. The van der Waals surface area contributed by atoms with E-state index in [4.69, 9.17) is 34.9 Å². The number of hydrogen-bond acceptors (Lipinski definition) is 13. The number of aromatic nitrogens is 13. The highest BCUT2D eigenvalue weighted by molar-refractivity contribution is 6.21.